The van der Waals surface area contributed by atoms with E-state index in [1.807, 2.05) is 6.07 Å². The summed E-state index contributed by atoms with van der Waals surface area (Å²) in [7, 11) is 0. The summed E-state index contributed by atoms with van der Waals surface area (Å²) in [5.74, 6) is 1.68. The zero-order valence-corrected chi connectivity index (χ0v) is 14.6. The van der Waals surface area contributed by atoms with Crippen molar-refractivity contribution in [3.8, 4) is 0 Å². The van der Waals surface area contributed by atoms with Crippen molar-refractivity contribution >= 4 is 6.08 Å². The first-order chi connectivity index (χ1) is 12.4. The molecule has 0 amide bonds. The van der Waals surface area contributed by atoms with Crippen molar-refractivity contribution in [1.29, 1.82) is 0 Å². The highest BCUT2D eigenvalue weighted by Gasteiger charge is 2.28. The number of benzene rings is 1. The highest BCUT2D eigenvalue weighted by Crippen LogP contribution is 2.40. The van der Waals surface area contributed by atoms with E-state index < -0.39 is 0 Å². The lowest BCUT2D eigenvalue weighted by Gasteiger charge is -2.22. The zero-order valence-electron chi connectivity index (χ0n) is 14.6. The molecule has 1 aromatic carbocycles. The Bertz CT molecular complexity index is 685. The van der Waals surface area contributed by atoms with Crippen molar-refractivity contribution in [1.82, 2.24) is 10.1 Å². The van der Waals surface area contributed by atoms with E-state index in [0.29, 0.717) is 12.0 Å². The number of ether oxygens (including phenoxy) is 1. The van der Waals surface area contributed by atoms with Crippen molar-refractivity contribution in [2.45, 2.75) is 44.2 Å². The van der Waals surface area contributed by atoms with Gasteiger partial charge in [-0.05, 0) is 31.2 Å². The molecule has 1 aliphatic carbocycles. The van der Waals surface area contributed by atoms with Gasteiger partial charge in [0.1, 0.15) is 5.76 Å². The van der Waals surface area contributed by atoms with Gasteiger partial charge in [-0.15, -0.1) is 0 Å². The summed E-state index contributed by atoms with van der Waals surface area (Å²) >= 11 is 0. The molecule has 0 N–H and O–H groups in total. The summed E-state index contributed by atoms with van der Waals surface area (Å²) < 4.78 is 11.3. The first kappa shape index (κ1) is 16.6. The fourth-order valence-corrected chi connectivity index (χ4v) is 3.37. The third-order valence-electron chi connectivity index (χ3n) is 4.90. The van der Waals surface area contributed by atoms with Crippen molar-refractivity contribution in [3.63, 3.8) is 0 Å². The van der Waals surface area contributed by atoms with Crippen molar-refractivity contribution in [2.75, 3.05) is 19.7 Å². The van der Waals surface area contributed by atoms with Crippen LogP contribution in [-0.4, -0.2) is 35.9 Å². The Balaban J connectivity index is 1.38. The van der Waals surface area contributed by atoms with Gasteiger partial charge in [0.15, 0.2) is 0 Å². The molecule has 2 fully saturated rings. The first-order valence-corrected chi connectivity index (χ1v) is 9.38. The second-order valence-electron chi connectivity index (χ2n) is 7.14. The highest BCUT2D eigenvalue weighted by molar-refractivity contribution is 5.48. The van der Waals surface area contributed by atoms with Crippen molar-refractivity contribution < 1.29 is 9.26 Å². The van der Waals surface area contributed by atoms with E-state index >= 15 is 0 Å². The van der Waals surface area contributed by atoms with Crippen LogP contribution in [0.25, 0.3) is 6.08 Å². The van der Waals surface area contributed by atoms with Crippen LogP contribution >= 0.6 is 0 Å². The standard InChI is InChI=1S/C21H26N2O2/c1-2-6-17(7-3-1)8-4-12-23(16-20-9-5-13-24-20)15-19-14-21(25-22-19)18-10-11-18/h1-4,6-8,14,18,20H,5,9-13,15-16H2/b8-4+. The smallest absolute Gasteiger partial charge is 0.140 e. The van der Waals surface area contributed by atoms with E-state index in [1.165, 1.54) is 24.8 Å². The molecule has 132 valence electrons. The summed E-state index contributed by atoms with van der Waals surface area (Å²) in [6, 6.07) is 12.6. The Morgan fingerprint density at radius 1 is 1.16 bits per heavy atom. The molecule has 0 radical (unpaired) electrons. The van der Waals surface area contributed by atoms with Gasteiger partial charge in [-0.1, -0.05) is 47.6 Å². The van der Waals surface area contributed by atoms with Crippen LogP contribution in [0, 0.1) is 0 Å². The Morgan fingerprint density at radius 3 is 2.80 bits per heavy atom. The second kappa shape index (κ2) is 7.98. The predicted octanol–water partition coefficient (Wildman–Crippen LogP) is 4.25. The molecule has 1 saturated heterocycles. The quantitative estimate of drug-likeness (QED) is 0.721. The minimum Gasteiger partial charge on any atom is -0.377 e. The molecule has 1 unspecified atom stereocenters. The van der Waals surface area contributed by atoms with Gasteiger partial charge in [-0.3, -0.25) is 4.90 Å². The number of aromatic nitrogens is 1. The molecular weight excluding hydrogens is 312 g/mol. The van der Waals surface area contributed by atoms with Gasteiger partial charge in [-0.2, -0.15) is 0 Å². The van der Waals surface area contributed by atoms with Gasteiger partial charge >= 0.3 is 0 Å². The molecule has 2 aromatic rings. The summed E-state index contributed by atoms with van der Waals surface area (Å²) in [4.78, 5) is 2.41. The third kappa shape index (κ3) is 4.80. The second-order valence-corrected chi connectivity index (χ2v) is 7.14. The Labute approximate surface area is 149 Å². The number of hydrogen-bond acceptors (Lipinski definition) is 4. The largest absolute Gasteiger partial charge is 0.377 e. The van der Waals surface area contributed by atoms with E-state index in [0.717, 1.165) is 44.1 Å². The Kier molecular flexibility index (Phi) is 5.28. The van der Waals surface area contributed by atoms with E-state index in [2.05, 4.69) is 52.5 Å². The summed E-state index contributed by atoms with van der Waals surface area (Å²) in [5.41, 5.74) is 2.27. The lowest BCUT2D eigenvalue weighted by Crippen LogP contribution is -2.32. The third-order valence-corrected chi connectivity index (χ3v) is 4.90. The van der Waals surface area contributed by atoms with Crippen LogP contribution in [0.5, 0.6) is 0 Å². The van der Waals surface area contributed by atoms with Crippen molar-refractivity contribution in [3.05, 3.63) is 59.5 Å². The summed E-state index contributed by atoms with van der Waals surface area (Å²) in [5, 5.41) is 4.28. The lowest BCUT2D eigenvalue weighted by atomic mass is 10.2. The number of nitrogens with zero attached hydrogens (tertiary/aromatic N) is 2. The molecule has 25 heavy (non-hydrogen) atoms. The lowest BCUT2D eigenvalue weighted by molar-refractivity contribution is 0.0740. The maximum absolute atomic E-state index is 5.83. The van der Waals surface area contributed by atoms with Crippen molar-refractivity contribution in [2.24, 2.45) is 0 Å². The first-order valence-electron chi connectivity index (χ1n) is 9.38. The maximum Gasteiger partial charge on any atom is 0.140 e. The fourth-order valence-electron chi connectivity index (χ4n) is 3.37. The Morgan fingerprint density at radius 2 is 2.04 bits per heavy atom. The molecule has 1 atom stereocenters. The molecule has 4 rings (SSSR count). The minimum absolute atomic E-state index is 0.347. The summed E-state index contributed by atoms with van der Waals surface area (Å²) in [6.07, 6.45) is 9.58. The summed E-state index contributed by atoms with van der Waals surface area (Å²) in [6.45, 7) is 3.55. The Hall–Kier alpha value is -1.91. The molecule has 0 bridgehead atoms. The van der Waals surface area contributed by atoms with E-state index in [4.69, 9.17) is 9.26 Å². The molecule has 4 heteroatoms. The number of rotatable bonds is 8. The zero-order chi connectivity index (χ0) is 16.9. The highest BCUT2D eigenvalue weighted by atomic mass is 16.5. The molecule has 2 aliphatic rings. The van der Waals surface area contributed by atoms with Crippen LogP contribution in [0.1, 0.15) is 48.6 Å². The topological polar surface area (TPSA) is 38.5 Å². The minimum atomic E-state index is 0.347. The van der Waals surface area contributed by atoms with Crippen LogP contribution in [0.2, 0.25) is 0 Å². The number of hydrogen-bond donors (Lipinski definition) is 0. The molecule has 4 nitrogen and oxygen atoms in total. The van der Waals surface area contributed by atoms with Gasteiger partial charge < -0.3 is 9.26 Å². The molecule has 1 saturated carbocycles. The molecular formula is C21H26N2O2. The fraction of sp³-hybridized carbons (Fsp3) is 0.476. The van der Waals surface area contributed by atoms with E-state index in [1.54, 1.807) is 0 Å². The van der Waals surface area contributed by atoms with E-state index in [-0.39, 0.29) is 0 Å². The maximum atomic E-state index is 5.83. The van der Waals surface area contributed by atoms with Crippen LogP contribution in [0.4, 0.5) is 0 Å². The normalized spacial score (nSPS) is 20.8. The average Bonchev–Trinajstić information content (AvgIpc) is 3.16. The van der Waals surface area contributed by atoms with Gasteiger partial charge in [-0.25, -0.2) is 0 Å². The monoisotopic (exact) mass is 338 g/mol. The SMILES string of the molecule is C(=C\c1ccccc1)/CN(Cc1cc(C2CC2)on1)CC1CCCO1. The van der Waals surface area contributed by atoms with Gasteiger partial charge in [0.05, 0.1) is 11.8 Å². The molecule has 1 aromatic heterocycles. The van der Waals surface area contributed by atoms with Crippen LogP contribution in [0.3, 0.4) is 0 Å². The average molecular weight is 338 g/mol. The molecule has 0 spiro atoms. The van der Waals surface area contributed by atoms with Crippen LogP contribution in [0.15, 0.2) is 47.0 Å². The van der Waals surface area contributed by atoms with Crippen LogP contribution < -0.4 is 0 Å². The van der Waals surface area contributed by atoms with Gasteiger partial charge in [0.2, 0.25) is 0 Å². The van der Waals surface area contributed by atoms with Gasteiger partial charge in [0, 0.05) is 38.2 Å². The predicted molar refractivity (Wildman–Crippen MR) is 98.2 cm³/mol. The van der Waals surface area contributed by atoms with Crippen LogP contribution in [-0.2, 0) is 11.3 Å². The molecule has 1 aliphatic heterocycles. The van der Waals surface area contributed by atoms with E-state index in [9.17, 15) is 0 Å². The molecule has 2 heterocycles. The van der Waals surface area contributed by atoms with Gasteiger partial charge in [0.25, 0.3) is 0 Å².